The van der Waals surface area contributed by atoms with Gasteiger partial charge in [-0.25, -0.2) is 4.98 Å². The Kier molecular flexibility index (Phi) is 6.19. The number of anilines is 3. The van der Waals surface area contributed by atoms with E-state index in [0.717, 1.165) is 11.3 Å². The molecule has 3 rings (SSSR count). The van der Waals surface area contributed by atoms with Gasteiger partial charge in [0, 0.05) is 18.0 Å². The quantitative estimate of drug-likeness (QED) is 0.619. The highest BCUT2D eigenvalue weighted by molar-refractivity contribution is 6.05. The molecule has 0 fully saturated rings. The second-order valence-corrected chi connectivity index (χ2v) is 6.28. The second kappa shape index (κ2) is 8.97. The molecule has 1 heterocycles. The number of nitrogens with one attached hydrogen (secondary N) is 2. The molecule has 1 amide bonds. The van der Waals surface area contributed by atoms with Gasteiger partial charge in [-0.1, -0.05) is 6.07 Å². The number of carbonyl (C=O) groups excluding carboxylic acids is 1. The maximum atomic E-state index is 12.6. The number of nitrogens with zero attached hydrogens (tertiary/aromatic N) is 1. The Morgan fingerprint density at radius 1 is 0.862 bits per heavy atom. The van der Waals surface area contributed by atoms with E-state index < -0.39 is 0 Å². The lowest BCUT2D eigenvalue weighted by Gasteiger charge is -2.12. The highest BCUT2D eigenvalue weighted by Crippen LogP contribution is 2.31. The number of amides is 1. The molecule has 29 heavy (non-hydrogen) atoms. The number of hydrogen-bond acceptors (Lipinski definition) is 6. The molecule has 0 unspecified atom stereocenters. The molecule has 0 spiro atoms. The molecular formula is C22H23N3O4. The molecule has 0 aliphatic carbocycles. The normalized spacial score (nSPS) is 10.2. The van der Waals surface area contributed by atoms with E-state index in [1.54, 1.807) is 39.5 Å². The third-order valence-electron chi connectivity index (χ3n) is 4.28. The van der Waals surface area contributed by atoms with Crippen molar-refractivity contribution in [1.82, 2.24) is 4.98 Å². The molecule has 3 aromatic rings. The van der Waals surface area contributed by atoms with Crippen molar-refractivity contribution in [3.05, 3.63) is 65.9 Å². The molecule has 2 aromatic carbocycles. The molecule has 0 aliphatic heterocycles. The first-order valence-electron chi connectivity index (χ1n) is 8.95. The van der Waals surface area contributed by atoms with Crippen molar-refractivity contribution < 1.29 is 19.0 Å². The summed E-state index contributed by atoms with van der Waals surface area (Å²) in [5.41, 5.74) is 2.86. The van der Waals surface area contributed by atoms with Crippen molar-refractivity contribution >= 4 is 23.1 Å². The van der Waals surface area contributed by atoms with Crippen LogP contribution in [0.1, 0.15) is 15.9 Å². The lowest BCUT2D eigenvalue weighted by atomic mass is 10.2. The molecule has 0 bridgehead atoms. The number of aromatic nitrogens is 1. The molecule has 7 heteroatoms. The third-order valence-corrected chi connectivity index (χ3v) is 4.28. The van der Waals surface area contributed by atoms with Crippen LogP contribution in [-0.2, 0) is 0 Å². The second-order valence-electron chi connectivity index (χ2n) is 6.28. The smallest absolute Gasteiger partial charge is 0.257 e. The number of rotatable bonds is 7. The number of benzene rings is 2. The minimum atomic E-state index is -0.265. The fourth-order valence-corrected chi connectivity index (χ4v) is 2.78. The van der Waals surface area contributed by atoms with Crippen molar-refractivity contribution in [2.24, 2.45) is 0 Å². The summed E-state index contributed by atoms with van der Waals surface area (Å²) in [6.45, 7) is 1.95. The van der Waals surface area contributed by atoms with E-state index in [0.29, 0.717) is 34.3 Å². The fraction of sp³-hybridized carbons (Fsp3) is 0.182. The molecule has 0 aliphatic rings. The third kappa shape index (κ3) is 4.76. The maximum absolute atomic E-state index is 12.6. The summed E-state index contributed by atoms with van der Waals surface area (Å²) in [4.78, 5) is 16.9. The van der Waals surface area contributed by atoms with Crippen LogP contribution < -0.4 is 24.8 Å². The average molecular weight is 393 g/mol. The van der Waals surface area contributed by atoms with Crippen LogP contribution in [0, 0.1) is 6.92 Å². The van der Waals surface area contributed by atoms with Crippen molar-refractivity contribution in [3.8, 4) is 17.2 Å². The largest absolute Gasteiger partial charge is 0.495 e. The van der Waals surface area contributed by atoms with Crippen LogP contribution in [0.2, 0.25) is 0 Å². The summed E-state index contributed by atoms with van der Waals surface area (Å²) in [7, 11) is 4.73. The Balaban J connectivity index is 1.72. The number of pyridine rings is 1. The number of aryl methyl sites for hydroxylation is 1. The van der Waals surface area contributed by atoms with Crippen LogP contribution in [0.3, 0.4) is 0 Å². The van der Waals surface area contributed by atoms with Gasteiger partial charge in [0.1, 0.15) is 11.6 Å². The van der Waals surface area contributed by atoms with Gasteiger partial charge in [0.15, 0.2) is 11.5 Å². The number of methoxy groups -OCH3 is 3. The molecule has 0 radical (unpaired) electrons. The van der Waals surface area contributed by atoms with Crippen LogP contribution in [-0.4, -0.2) is 32.2 Å². The van der Waals surface area contributed by atoms with Gasteiger partial charge in [0.05, 0.1) is 32.6 Å². The average Bonchev–Trinajstić information content (AvgIpc) is 2.74. The molecule has 0 atom stereocenters. The monoisotopic (exact) mass is 393 g/mol. The predicted molar refractivity (Wildman–Crippen MR) is 113 cm³/mol. The number of ether oxygens (including phenoxy) is 3. The number of carbonyl (C=O) groups is 1. The first-order chi connectivity index (χ1) is 14.0. The molecule has 2 N–H and O–H groups in total. The Morgan fingerprint density at radius 3 is 2.24 bits per heavy atom. The van der Waals surface area contributed by atoms with E-state index in [2.05, 4.69) is 15.6 Å². The van der Waals surface area contributed by atoms with E-state index in [-0.39, 0.29) is 5.91 Å². The Bertz CT molecular complexity index is 1000. The maximum Gasteiger partial charge on any atom is 0.257 e. The standard InChI is InChI=1S/C22H23N3O4/c1-14-5-8-18(27-2)17(11-14)25-22(26)15-6-10-21(23-13-15)24-16-7-9-19(28-3)20(12-16)29-4/h5-13H,1-4H3,(H,23,24)(H,25,26). The molecule has 1 aromatic heterocycles. The minimum absolute atomic E-state index is 0.265. The van der Waals surface area contributed by atoms with E-state index in [4.69, 9.17) is 14.2 Å². The van der Waals surface area contributed by atoms with Crippen molar-refractivity contribution in [2.45, 2.75) is 6.92 Å². The van der Waals surface area contributed by atoms with E-state index in [1.807, 2.05) is 37.3 Å². The van der Waals surface area contributed by atoms with Gasteiger partial charge >= 0.3 is 0 Å². The van der Waals surface area contributed by atoms with Crippen molar-refractivity contribution in [2.75, 3.05) is 32.0 Å². The molecule has 0 saturated heterocycles. The summed E-state index contributed by atoms with van der Waals surface area (Å²) < 4.78 is 15.8. The molecule has 7 nitrogen and oxygen atoms in total. The summed E-state index contributed by atoms with van der Waals surface area (Å²) >= 11 is 0. The summed E-state index contributed by atoms with van der Waals surface area (Å²) in [5, 5.41) is 6.03. The van der Waals surface area contributed by atoms with Crippen molar-refractivity contribution in [1.29, 1.82) is 0 Å². The predicted octanol–water partition coefficient (Wildman–Crippen LogP) is 4.41. The van der Waals surface area contributed by atoms with Gasteiger partial charge in [0.25, 0.3) is 5.91 Å². The van der Waals surface area contributed by atoms with Crippen LogP contribution >= 0.6 is 0 Å². The summed E-state index contributed by atoms with van der Waals surface area (Å²) in [5.74, 6) is 2.19. The van der Waals surface area contributed by atoms with Crippen LogP contribution in [0.25, 0.3) is 0 Å². The van der Waals surface area contributed by atoms with Gasteiger partial charge in [-0.3, -0.25) is 4.79 Å². The summed E-state index contributed by atoms with van der Waals surface area (Å²) in [6.07, 6.45) is 1.51. The van der Waals surface area contributed by atoms with Gasteiger partial charge in [-0.2, -0.15) is 0 Å². The highest BCUT2D eigenvalue weighted by Gasteiger charge is 2.11. The Hall–Kier alpha value is -3.74. The zero-order chi connectivity index (χ0) is 20.8. The topological polar surface area (TPSA) is 81.7 Å². The van der Waals surface area contributed by atoms with Crippen LogP contribution in [0.5, 0.6) is 17.2 Å². The van der Waals surface area contributed by atoms with Gasteiger partial charge < -0.3 is 24.8 Å². The fourth-order valence-electron chi connectivity index (χ4n) is 2.78. The molecule has 0 saturated carbocycles. The Labute approximate surface area is 169 Å². The highest BCUT2D eigenvalue weighted by atomic mass is 16.5. The Morgan fingerprint density at radius 2 is 1.59 bits per heavy atom. The first kappa shape index (κ1) is 20.0. The van der Waals surface area contributed by atoms with Crippen LogP contribution in [0.4, 0.5) is 17.2 Å². The van der Waals surface area contributed by atoms with Gasteiger partial charge in [-0.05, 0) is 48.9 Å². The first-order valence-corrected chi connectivity index (χ1v) is 8.95. The van der Waals surface area contributed by atoms with Gasteiger partial charge in [-0.15, -0.1) is 0 Å². The van der Waals surface area contributed by atoms with E-state index in [1.165, 1.54) is 6.20 Å². The number of hydrogen-bond donors (Lipinski definition) is 2. The van der Waals surface area contributed by atoms with Crippen molar-refractivity contribution in [3.63, 3.8) is 0 Å². The molecular weight excluding hydrogens is 370 g/mol. The minimum Gasteiger partial charge on any atom is -0.495 e. The molecule has 150 valence electrons. The summed E-state index contributed by atoms with van der Waals surface area (Å²) in [6, 6.07) is 14.5. The van der Waals surface area contributed by atoms with Crippen LogP contribution in [0.15, 0.2) is 54.7 Å². The van der Waals surface area contributed by atoms with E-state index in [9.17, 15) is 4.79 Å². The lowest BCUT2D eigenvalue weighted by Crippen LogP contribution is -2.13. The lowest BCUT2D eigenvalue weighted by molar-refractivity contribution is 0.102. The van der Waals surface area contributed by atoms with Gasteiger partial charge in [0.2, 0.25) is 0 Å². The zero-order valence-electron chi connectivity index (χ0n) is 16.8. The SMILES string of the molecule is COc1ccc(C)cc1NC(=O)c1ccc(Nc2ccc(OC)c(OC)c2)nc1. The van der Waals surface area contributed by atoms with E-state index >= 15 is 0 Å². The zero-order valence-corrected chi connectivity index (χ0v) is 16.8.